The first kappa shape index (κ1) is 27.1. The number of hydrogen-bond acceptors (Lipinski definition) is 4. The number of aromatic nitrogens is 2. The molecule has 5 rings (SSSR count). The van der Waals surface area contributed by atoms with Gasteiger partial charge in [0.2, 0.25) is 5.89 Å². The van der Waals surface area contributed by atoms with Crippen LogP contribution in [-0.4, -0.2) is 27.3 Å². The van der Waals surface area contributed by atoms with E-state index in [1.807, 2.05) is 35.4 Å². The minimum Gasteiger partial charge on any atom is -0.447 e. The molecule has 0 bridgehead atoms. The van der Waals surface area contributed by atoms with E-state index in [1.165, 1.54) is 24.5 Å². The molecule has 2 aromatic heterocycles. The normalized spacial score (nSPS) is 11.8. The summed E-state index contributed by atoms with van der Waals surface area (Å²) in [5, 5.41) is 3.80. The van der Waals surface area contributed by atoms with Gasteiger partial charge >= 0.3 is 6.18 Å². The number of carbonyl (C=O) groups excluding carboxylic acids is 1. The van der Waals surface area contributed by atoms with Gasteiger partial charge in [-0.2, -0.15) is 13.2 Å². The topological polar surface area (TPSA) is 74.2 Å². The number of oxazole rings is 1. The largest absolute Gasteiger partial charge is 0.447 e. The van der Waals surface area contributed by atoms with Crippen molar-refractivity contribution >= 4 is 16.8 Å². The number of rotatable bonds is 10. The van der Waals surface area contributed by atoms with Gasteiger partial charge in [-0.05, 0) is 47.4 Å². The lowest BCUT2D eigenvalue weighted by Crippen LogP contribution is -2.26. The summed E-state index contributed by atoms with van der Waals surface area (Å²) in [6.45, 7) is 1.10. The van der Waals surface area contributed by atoms with Crippen LogP contribution in [0.15, 0.2) is 89.7 Å². The highest BCUT2D eigenvalue weighted by Crippen LogP contribution is 2.30. The van der Waals surface area contributed by atoms with Crippen molar-refractivity contribution in [2.45, 2.75) is 32.2 Å². The molecule has 206 valence electrons. The van der Waals surface area contributed by atoms with Crippen LogP contribution in [0.4, 0.5) is 17.6 Å². The summed E-state index contributed by atoms with van der Waals surface area (Å²) in [7, 11) is 0. The van der Waals surface area contributed by atoms with Crippen molar-refractivity contribution in [1.82, 2.24) is 20.2 Å². The van der Waals surface area contributed by atoms with Gasteiger partial charge in [0.1, 0.15) is 12.1 Å². The van der Waals surface area contributed by atoms with Gasteiger partial charge in [-0.15, -0.1) is 0 Å². The third-order valence-electron chi connectivity index (χ3n) is 6.54. The molecular formula is C30H26F4N4O2. The Morgan fingerprint density at radius 1 is 0.975 bits per heavy atom. The van der Waals surface area contributed by atoms with Gasteiger partial charge in [0.25, 0.3) is 5.91 Å². The van der Waals surface area contributed by atoms with E-state index in [9.17, 15) is 22.4 Å². The smallest absolute Gasteiger partial charge is 0.416 e. The molecule has 0 fully saturated rings. The van der Waals surface area contributed by atoms with Crippen LogP contribution in [0.5, 0.6) is 0 Å². The van der Waals surface area contributed by atoms with Crippen molar-refractivity contribution in [2.24, 2.45) is 0 Å². The first-order chi connectivity index (χ1) is 19.2. The van der Waals surface area contributed by atoms with E-state index in [0.29, 0.717) is 18.5 Å². The molecule has 0 aliphatic rings. The van der Waals surface area contributed by atoms with Crippen LogP contribution in [0, 0.1) is 5.82 Å². The molecule has 0 saturated heterocycles. The third kappa shape index (κ3) is 6.76. The zero-order valence-electron chi connectivity index (χ0n) is 21.3. The van der Waals surface area contributed by atoms with Gasteiger partial charge in [-0.1, -0.05) is 48.5 Å². The average molecular weight is 551 g/mol. The zero-order valence-corrected chi connectivity index (χ0v) is 21.3. The number of benzene rings is 3. The number of carbonyl (C=O) groups is 1. The lowest BCUT2D eigenvalue weighted by molar-refractivity contribution is -0.137. The highest BCUT2D eigenvalue weighted by Gasteiger charge is 2.30. The average Bonchev–Trinajstić information content (AvgIpc) is 3.58. The minimum atomic E-state index is -4.44. The van der Waals surface area contributed by atoms with Crippen LogP contribution in [0.1, 0.15) is 38.6 Å². The molecule has 2 N–H and O–H groups in total. The molecule has 0 unspecified atom stereocenters. The van der Waals surface area contributed by atoms with E-state index in [2.05, 4.69) is 15.3 Å². The summed E-state index contributed by atoms with van der Waals surface area (Å²) in [6.07, 6.45) is -0.627. The molecule has 6 nitrogen and oxygen atoms in total. The maximum Gasteiger partial charge on any atom is 0.416 e. The van der Waals surface area contributed by atoms with Gasteiger partial charge in [0, 0.05) is 36.7 Å². The van der Waals surface area contributed by atoms with Crippen molar-refractivity contribution in [3.05, 3.63) is 125 Å². The molecule has 2 heterocycles. The van der Waals surface area contributed by atoms with Crippen LogP contribution in [0.3, 0.4) is 0 Å². The fraction of sp³-hybridized carbons (Fsp3) is 0.200. The number of alkyl halides is 3. The van der Waals surface area contributed by atoms with Crippen molar-refractivity contribution in [3.8, 4) is 0 Å². The molecule has 40 heavy (non-hydrogen) atoms. The van der Waals surface area contributed by atoms with Crippen LogP contribution in [0.2, 0.25) is 0 Å². The number of aromatic amines is 1. The molecule has 1 amide bonds. The molecule has 0 aliphatic heterocycles. The van der Waals surface area contributed by atoms with Gasteiger partial charge in [0.15, 0.2) is 5.69 Å². The van der Waals surface area contributed by atoms with Gasteiger partial charge in [-0.25, -0.2) is 9.37 Å². The van der Waals surface area contributed by atoms with Crippen LogP contribution < -0.4 is 5.32 Å². The number of hydrogen-bond donors (Lipinski definition) is 2. The van der Waals surface area contributed by atoms with Crippen molar-refractivity contribution in [3.63, 3.8) is 0 Å². The highest BCUT2D eigenvalue weighted by atomic mass is 19.4. The third-order valence-corrected chi connectivity index (χ3v) is 6.54. The molecular weight excluding hydrogens is 524 g/mol. The molecule has 5 aromatic rings. The molecule has 0 radical (unpaired) electrons. The zero-order chi connectivity index (χ0) is 28.1. The summed E-state index contributed by atoms with van der Waals surface area (Å²) in [6, 6.07) is 18.9. The molecule has 0 aliphatic carbocycles. The highest BCUT2D eigenvalue weighted by molar-refractivity contribution is 5.91. The van der Waals surface area contributed by atoms with Crippen molar-refractivity contribution in [2.75, 3.05) is 6.54 Å². The number of amides is 1. The molecule has 0 saturated carbocycles. The Labute approximate surface area is 227 Å². The van der Waals surface area contributed by atoms with Crippen molar-refractivity contribution in [1.29, 1.82) is 0 Å². The lowest BCUT2D eigenvalue weighted by atomic mass is 10.1. The Bertz CT molecular complexity index is 1590. The quantitative estimate of drug-likeness (QED) is 0.195. The van der Waals surface area contributed by atoms with E-state index in [1.54, 1.807) is 18.2 Å². The first-order valence-corrected chi connectivity index (χ1v) is 12.6. The standard InChI is InChI=1S/C30H26F4N4O2/c31-24-10-8-20(9-11-24)15-36-29(39)27-19-40-28(37-27)18-38(17-21-4-3-5-23(14-21)30(32,33)34)13-12-22-16-35-26-7-2-1-6-25(22)26/h1-11,14,16,19,35H,12-13,15,17-18H2,(H,36,39). The Hall–Kier alpha value is -4.44. The van der Waals surface area contributed by atoms with E-state index in [-0.39, 0.29) is 37.0 Å². The Morgan fingerprint density at radius 2 is 1.77 bits per heavy atom. The van der Waals surface area contributed by atoms with Crippen LogP contribution >= 0.6 is 0 Å². The Balaban J connectivity index is 1.29. The number of nitrogens with one attached hydrogen (secondary N) is 2. The SMILES string of the molecule is O=C(NCc1ccc(F)cc1)c1coc(CN(CCc2c[nH]c3ccccc23)Cc2cccc(C(F)(F)F)c2)n1. The second kappa shape index (κ2) is 11.7. The fourth-order valence-electron chi connectivity index (χ4n) is 4.49. The number of nitrogens with zero attached hydrogens (tertiary/aromatic N) is 2. The lowest BCUT2D eigenvalue weighted by Gasteiger charge is -2.21. The molecule has 3 aromatic carbocycles. The van der Waals surface area contributed by atoms with Gasteiger partial charge in [-0.3, -0.25) is 9.69 Å². The number of fused-ring (bicyclic) bond motifs is 1. The summed E-state index contributed by atoms with van der Waals surface area (Å²) in [5.74, 6) is -0.559. The van der Waals surface area contributed by atoms with Crippen LogP contribution in [-0.2, 0) is 32.2 Å². The molecule has 10 heteroatoms. The van der Waals surface area contributed by atoms with Crippen LogP contribution in [0.25, 0.3) is 10.9 Å². The molecule has 0 spiro atoms. The number of para-hydroxylation sites is 1. The van der Waals surface area contributed by atoms with Gasteiger partial charge in [0.05, 0.1) is 12.1 Å². The van der Waals surface area contributed by atoms with E-state index < -0.39 is 17.6 Å². The second-order valence-electron chi connectivity index (χ2n) is 9.45. The van der Waals surface area contributed by atoms with Crippen molar-refractivity contribution < 1.29 is 26.8 Å². The Kier molecular flexibility index (Phi) is 7.97. The number of halogens is 4. The summed E-state index contributed by atoms with van der Waals surface area (Å²) >= 11 is 0. The monoisotopic (exact) mass is 550 g/mol. The second-order valence-corrected chi connectivity index (χ2v) is 9.45. The maximum atomic E-state index is 13.3. The number of H-pyrrole nitrogens is 1. The summed E-state index contributed by atoms with van der Waals surface area (Å²) in [5.41, 5.74) is 2.68. The maximum absolute atomic E-state index is 13.3. The minimum absolute atomic E-state index is 0.0766. The molecule has 0 atom stereocenters. The van der Waals surface area contributed by atoms with E-state index in [0.717, 1.165) is 34.2 Å². The van der Waals surface area contributed by atoms with E-state index in [4.69, 9.17) is 4.42 Å². The first-order valence-electron chi connectivity index (χ1n) is 12.6. The Morgan fingerprint density at radius 3 is 2.58 bits per heavy atom. The van der Waals surface area contributed by atoms with Gasteiger partial charge < -0.3 is 14.7 Å². The predicted octanol–water partition coefficient (Wildman–Crippen LogP) is 6.49. The van der Waals surface area contributed by atoms with E-state index >= 15 is 0 Å². The summed E-state index contributed by atoms with van der Waals surface area (Å²) in [4.78, 5) is 22.1. The fourth-order valence-corrected chi connectivity index (χ4v) is 4.49. The summed E-state index contributed by atoms with van der Waals surface area (Å²) < 4.78 is 58.6. The predicted molar refractivity (Wildman–Crippen MR) is 142 cm³/mol.